The lowest BCUT2D eigenvalue weighted by Gasteiger charge is -2.24. The van der Waals surface area contributed by atoms with Gasteiger partial charge in [0.05, 0.1) is 5.92 Å². The molecule has 3 heterocycles. The highest BCUT2D eigenvalue weighted by atomic mass is 19.1. The molecule has 0 bridgehead atoms. The van der Waals surface area contributed by atoms with Gasteiger partial charge in [-0.1, -0.05) is 12.1 Å². The van der Waals surface area contributed by atoms with Crippen LogP contribution in [0.1, 0.15) is 18.4 Å². The van der Waals surface area contributed by atoms with Crippen LogP contribution >= 0.6 is 0 Å². The predicted octanol–water partition coefficient (Wildman–Crippen LogP) is 1.81. The molecule has 3 aliphatic heterocycles. The Labute approximate surface area is 143 Å². The minimum atomic E-state index is -0.194. The standard InChI is InChI=1S/C19H26FN3O/c20-17-5-3-15(4-6-17)11-22-12-16-13-23(19(24)18(16)14-22)10-9-21-7-1-2-8-21/h3-6,16,18H,1-2,7-14H2/t16-,18-/m1/s1. The Morgan fingerprint density at radius 1 is 0.958 bits per heavy atom. The minimum absolute atomic E-state index is 0.170. The highest BCUT2D eigenvalue weighted by molar-refractivity contribution is 5.82. The molecule has 0 unspecified atom stereocenters. The number of benzene rings is 1. The first-order valence-corrected chi connectivity index (χ1v) is 9.17. The Hall–Kier alpha value is -1.46. The number of amides is 1. The molecule has 0 aliphatic carbocycles. The lowest BCUT2D eigenvalue weighted by molar-refractivity contribution is -0.131. The average molecular weight is 331 g/mol. The quantitative estimate of drug-likeness (QED) is 0.823. The van der Waals surface area contributed by atoms with Gasteiger partial charge in [-0.3, -0.25) is 9.69 Å². The highest BCUT2D eigenvalue weighted by Crippen LogP contribution is 2.33. The lowest BCUT2D eigenvalue weighted by atomic mass is 10.0. The third-order valence-corrected chi connectivity index (χ3v) is 5.80. The van der Waals surface area contributed by atoms with E-state index in [-0.39, 0.29) is 11.7 Å². The van der Waals surface area contributed by atoms with E-state index in [9.17, 15) is 9.18 Å². The molecule has 3 saturated heterocycles. The monoisotopic (exact) mass is 331 g/mol. The van der Waals surface area contributed by atoms with Crippen molar-refractivity contribution in [3.8, 4) is 0 Å². The van der Waals surface area contributed by atoms with Crippen molar-refractivity contribution in [3.63, 3.8) is 0 Å². The van der Waals surface area contributed by atoms with Crippen LogP contribution in [0.4, 0.5) is 4.39 Å². The van der Waals surface area contributed by atoms with E-state index in [2.05, 4.69) is 14.7 Å². The second-order valence-electron chi connectivity index (χ2n) is 7.52. The van der Waals surface area contributed by atoms with Gasteiger partial charge in [-0.25, -0.2) is 4.39 Å². The van der Waals surface area contributed by atoms with Crippen LogP contribution in [-0.2, 0) is 11.3 Å². The van der Waals surface area contributed by atoms with E-state index in [1.165, 1.54) is 38.1 Å². The zero-order valence-corrected chi connectivity index (χ0v) is 14.2. The third kappa shape index (κ3) is 3.33. The average Bonchev–Trinajstić information content (AvgIpc) is 3.27. The highest BCUT2D eigenvalue weighted by Gasteiger charge is 2.45. The number of hydrogen-bond donors (Lipinski definition) is 0. The van der Waals surface area contributed by atoms with Crippen LogP contribution in [-0.4, -0.2) is 66.4 Å². The summed E-state index contributed by atoms with van der Waals surface area (Å²) in [6, 6.07) is 6.70. The maximum Gasteiger partial charge on any atom is 0.227 e. The maximum absolute atomic E-state index is 13.0. The number of carbonyl (C=O) groups excluding carboxylic acids is 1. The Balaban J connectivity index is 1.28. The van der Waals surface area contributed by atoms with Gasteiger partial charge in [0.1, 0.15) is 5.82 Å². The van der Waals surface area contributed by atoms with Crippen LogP contribution in [0.2, 0.25) is 0 Å². The molecular formula is C19H26FN3O. The third-order valence-electron chi connectivity index (χ3n) is 5.80. The number of nitrogens with zero attached hydrogens (tertiary/aromatic N) is 3. The molecule has 2 atom stereocenters. The number of carbonyl (C=O) groups is 1. The Morgan fingerprint density at radius 2 is 1.71 bits per heavy atom. The van der Waals surface area contributed by atoms with Crippen molar-refractivity contribution >= 4 is 5.91 Å². The molecule has 0 aromatic heterocycles. The van der Waals surface area contributed by atoms with Crippen LogP contribution in [0.15, 0.2) is 24.3 Å². The SMILES string of the molecule is O=C1[C@@H]2CN(Cc3ccc(F)cc3)C[C@@H]2CN1CCN1CCCC1. The molecule has 5 heteroatoms. The molecule has 1 aromatic rings. The Kier molecular flexibility index (Phi) is 4.55. The largest absolute Gasteiger partial charge is 0.341 e. The summed E-state index contributed by atoms with van der Waals surface area (Å²) in [6.07, 6.45) is 2.61. The van der Waals surface area contributed by atoms with Gasteiger partial charge < -0.3 is 9.80 Å². The van der Waals surface area contributed by atoms with Crippen LogP contribution in [0, 0.1) is 17.7 Å². The fraction of sp³-hybridized carbons (Fsp3) is 0.632. The molecule has 0 saturated carbocycles. The van der Waals surface area contributed by atoms with E-state index < -0.39 is 0 Å². The second kappa shape index (κ2) is 6.81. The van der Waals surface area contributed by atoms with E-state index in [1.54, 1.807) is 0 Å². The summed E-state index contributed by atoms with van der Waals surface area (Å²) in [4.78, 5) is 19.6. The van der Waals surface area contributed by atoms with Crippen molar-refractivity contribution in [1.82, 2.24) is 14.7 Å². The van der Waals surface area contributed by atoms with Gasteiger partial charge in [0.25, 0.3) is 0 Å². The van der Waals surface area contributed by atoms with Gasteiger partial charge in [-0.05, 0) is 43.6 Å². The first-order valence-electron chi connectivity index (χ1n) is 9.17. The van der Waals surface area contributed by atoms with E-state index in [1.807, 2.05) is 12.1 Å². The zero-order valence-electron chi connectivity index (χ0n) is 14.2. The first kappa shape index (κ1) is 16.0. The fourth-order valence-electron chi connectivity index (χ4n) is 4.48. The minimum Gasteiger partial charge on any atom is -0.341 e. The second-order valence-corrected chi connectivity index (χ2v) is 7.52. The molecule has 3 fully saturated rings. The molecule has 1 aromatic carbocycles. The van der Waals surface area contributed by atoms with Crippen LogP contribution in [0.25, 0.3) is 0 Å². The van der Waals surface area contributed by atoms with E-state index in [0.717, 1.165) is 44.8 Å². The van der Waals surface area contributed by atoms with Crippen molar-refractivity contribution < 1.29 is 9.18 Å². The maximum atomic E-state index is 13.0. The molecule has 130 valence electrons. The summed E-state index contributed by atoms with van der Waals surface area (Å²) in [5.41, 5.74) is 1.12. The molecule has 4 rings (SSSR count). The van der Waals surface area contributed by atoms with E-state index in [0.29, 0.717) is 11.8 Å². The van der Waals surface area contributed by atoms with Crippen molar-refractivity contribution in [2.45, 2.75) is 19.4 Å². The predicted molar refractivity (Wildman–Crippen MR) is 90.9 cm³/mol. The summed E-state index contributed by atoms with van der Waals surface area (Å²) in [6.45, 7) is 7.87. The molecule has 3 aliphatic rings. The molecule has 4 nitrogen and oxygen atoms in total. The zero-order chi connectivity index (χ0) is 16.5. The van der Waals surface area contributed by atoms with Crippen molar-refractivity contribution in [1.29, 1.82) is 0 Å². The van der Waals surface area contributed by atoms with Gasteiger partial charge in [-0.15, -0.1) is 0 Å². The molecule has 0 spiro atoms. The van der Waals surface area contributed by atoms with Crippen LogP contribution in [0.5, 0.6) is 0 Å². The van der Waals surface area contributed by atoms with E-state index >= 15 is 0 Å². The van der Waals surface area contributed by atoms with Crippen LogP contribution in [0.3, 0.4) is 0 Å². The fourth-order valence-corrected chi connectivity index (χ4v) is 4.48. The molecule has 0 radical (unpaired) electrons. The summed E-state index contributed by atoms with van der Waals surface area (Å²) >= 11 is 0. The van der Waals surface area contributed by atoms with Crippen LogP contribution < -0.4 is 0 Å². The number of likely N-dealkylation sites (tertiary alicyclic amines) is 3. The smallest absolute Gasteiger partial charge is 0.227 e. The van der Waals surface area contributed by atoms with Gasteiger partial charge >= 0.3 is 0 Å². The normalized spacial score (nSPS) is 28.0. The van der Waals surface area contributed by atoms with Crippen molar-refractivity contribution in [2.75, 3.05) is 45.8 Å². The Bertz CT molecular complexity index is 585. The summed E-state index contributed by atoms with van der Waals surface area (Å²) in [5.74, 6) is 0.794. The molecular weight excluding hydrogens is 305 g/mol. The van der Waals surface area contributed by atoms with Gasteiger partial charge in [-0.2, -0.15) is 0 Å². The Morgan fingerprint density at radius 3 is 2.42 bits per heavy atom. The molecule has 24 heavy (non-hydrogen) atoms. The number of hydrogen-bond acceptors (Lipinski definition) is 3. The molecule has 1 amide bonds. The van der Waals surface area contributed by atoms with Crippen molar-refractivity contribution in [2.24, 2.45) is 11.8 Å². The van der Waals surface area contributed by atoms with Crippen molar-refractivity contribution in [3.05, 3.63) is 35.6 Å². The van der Waals surface area contributed by atoms with Gasteiger partial charge in [0.2, 0.25) is 5.91 Å². The number of rotatable bonds is 5. The topological polar surface area (TPSA) is 26.8 Å². The number of fused-ring (bicyclic) bond motifs is 1. The van der Waals surface area contributed by atoms with Gasteiger partial charge in [0, 0.05) is 45.2 Å². The summed E-state index contributed by atoms with van der Waals surface area (Å²) < 4.78 is 13.0. The summed E-state index contributed by atoms with van der Waals surface area (Å²) in [5, 5.41) is 0. The number of halogens is 1. The van der Waals surface area contributed by atoms with E-state index in [4.69, 9.17) is 0 Å². The summed E-state index contributed by atoms with van der Waals surface area (Å²) in [7, 11) is 0. The first-order chi connectivity index (χ1) is 11.7. The molecule has 0 N–H and O–H groups in total. The van der Waals surface area contributed by atoms with Gasteiger partial charge in [0.15, 0.2) is 0 Å². The lowest BCUT2D eigenvalue weighted by Crippen LogP contribution is -2.37.